The maximum absolute atomic E-state index is 12.1. The number of hydrogen-bond donors (Lipinski definition) is 1. The minimum Gasteiger partial charge on any atom is -0.326 e. The summed E-state index contributed by atoms with van der Waals surface area (Å²) in [5.74, 6) is -0.458. The molecule has 0 fully saturated rings. The summed E-state index contributed by atoms with van der Waals surface area (Å²) >= 11 is 0. The van der Waals surface area contributed by atoms with Gasteiger partial charge in [-0.05, 0) is 18.1 Å². The van der Waals surface area contributed by atoms with Gasteiger partial charge in [-0.2, -0.15) is 0 Å². The number of non-ortho nitro benzene ring substituents is 1. The summed E-state index contributed by atoms with van der Waals surface area (Å²) in [7, 11) is 0. The summed E-state index contributed by atoms with van der Waals surface area (Å²) in [6.45, 7) is 2.04. The Hall–Kier alpha value is -3.02. The van der Waals surface area contributed by atoms with E-state index in [1.165, 1.54) is 18.2 Å². The Labute approximate surface area is 139 Å². The van der Waals surface area contributed by atoms with Crippen LogP contribution in [-0.2, 0) is 11.2 Å². The molecule has 0 heterocycles. The third kappa shape index (κ3) is 4.74. The monoisotopic (exact) mass is 326 g/mol. The van der Waals surface area contributed by atoms with Crippen molar-refractivity contribution in [1.82, 2.24) is 0 Å². The first-order valence-electron chi connectivity index (χ1n) is 7.66. The first-order chi connectivity index (χ1) is 11.5. The van der Waals surface area contributed by atoms with Gasteiger partial charge >= 0.3 is 0 Å². The summed E-state index contributed by atoms with van der Waals surface area (Å²) in [6.07, 6.45) is 1.02. The normalized spacial score (nSPS) is 10.2. The molecule has 2 aromatic rings. The van der Waals surface area contributed by atoms with Crippen LogP contribution in [0.15, 0.2) is 48.5 Å². The maximum atomic E-state index is 12.1. The van der Waals surface area contributed by atoms with E-state index in [0.29, 0.717) is 11.3 Å². The van der Waals surface area contributed by atoms with Gasteiger partial charge in [0.25, 0.3) is 5.69 Å². The minimum atomic E-state index is -0.529. The highest BCUT2D eigenvalue weighted by Crippen LogP contribution is 2.17. The molecule has 0 saturated carbocycles. The number of rotatable bonds is 7. The van der Waals surface area contributed by atoms with E-state index in [2.05, 4.69) is 5.32 Å². The van der Waals surface area contributed by atoms with Crippen LogP contribution in [0.25, 0.3) is 0 Å². The number of benzene rings is 2. The Morgan fingerprint density at radius 2 is 1.79 bits per heavy atom. The molecule has 2 aromatic carbocycles. The van der Waals surface area contributed by atoms with Crippen LogP contribution >= 0.6 is 0 Å². The van der Waals surface area contributed by atoms with Crippen molar-refractivity contribution in [2.24, 2.45) is 0 Å². The van der Waals surface area contributed by atoms with E-state index in [4.69, 9.17) is 0 Å². The molecular formula is C18H18N2O4. The number of ketones is 1. The van der Waals surface area contributed by atoms with Crippen molar-refractivity contribution in [3.8, 4) is 0 Å². The topological polar surface area (TPSA) is 89.3 Å². The van der Waals surface area contributed by atoms with E-state index in [1.54, 1.807) is 18.2 Å². The molecule has 0 aliphatic rings. The summed E-state index contributed by atoms with van der Waals surface area (Å²) < 4.78 is 0. The second-order valence-corrected chi connectivity index (χ2v) is 5.33. The minimum absolute atomic E-state index is 0.0249. The number of nitrogens with one attached hydrogen (secondary N) is 1. The van der Waals surface area contributed by atoms with E-state index >= 15 is 0 Å². The van der Waals surface area contributed by atoms with Gasteiger partial charge in [0.1, 0.15) is 0 Å². The molecule has 24 heavy (non-hydrogen) atoms. The molecule has 0 radical (unpaired) electrons. The van der Waals surface area contributed by atoms with E-state index in [0.717, 1.165) is 12.0 Å². The van der Waals surface area contributed by atoms with Crippen LogP contribution in [0.2, 0.25) is 0 Å². The molecule has 0 spiro atoms. The highest BCUT2D eigenvalue weighted by Gasteiger charge is 2.11. The van der Waals surface area contributed by atoms with E-state index < -0.39 is 4.92 Å². The van der Waals surface area contributed by atoms with Crippen molar-refractivity contribution in [1.29, 1.82) is 0 Å². The Bertz CT molecular complexity index is 754. The Morgan fingerprint density at radius 1 is 1.08 bits per heavy atom. The molecule has 0 aliphatic carbocycles. The van der Waals surface area contributed by atoms with Crippen LogP contribution in [0.3, 0.4) is 0 Å². The molecule has 6 heteroatoms. The quantitative estimate of drug-likeness (QED) is 0.476. The summed E-state index contributed by atoms with van der Waals surface area (Å²) in [4.78, 5) is 34.1. The zero-order valence-electron chi connectivity index (χ0n) is 13.3. The molecule has 0 unspecified atom stereocenters. The van der Waals surface area contributed by atoms with Gasteiger partial charge in [-0.15, -0.1) is 0 Å². The molecule has 1 N–H and O–H groups in total. The van der Waals surface area contributed by atoms with Crippen LogP contribution in [-0.4, -0.2) is 16.6 Å². The lowest BCUT2D eigenvalue weighted by Gasteiger charge is -2.05. The van der Waals surface area contributed by atoms with Crippen molar-refractivity contribution < 1.29 is 14.5 Å². The predicted molar refractivity (Wildman–Crippen MR) is 91.1 cm³/mol. The van der Waals surface area contributed by atoms with Crippen molar-refractivity contribution in [2.45, 2.75) is 26.2 Å². The van der Waals surface area contributed by atoms with Gasteiger partial charge in [0, 0.05) is 36.2 Å². The van der Waals surface area contributed by atoms with Crippen molar-refractivity contribution >= 4 is 23.1 Å². The highest BCUT2D eigenvalue weighted by atomic mass is 16.6. The average molecular weight is 326 g/mol. The molecule has 0 aromatic heterocycles. The van der Waals surface area contributed by atoms with Gasteiger partial charge in [-0.25, -0.2) is 0 Å². The molecule has 6 nitrogen and oxygen atoms in total. The van der Waals surface area contributed by atoms with Gasteiger partial charge in [0.05, 0.1) is 4.92 Å². The first-order valence-corrected chi connectivity index (χ1v) is 7.66. The lowest BCUT2D eigenvalue weighted by atomic mass is 10.0. The molecule has 2 rings (SSSR count). The Kier molecular flexibility index (Phi) is 5.78. The zero-order valence-corrected chi connectivity index (χ0v) is 13.3. The number of hydrogen-bond acceptors (Lipinski definition) is 4. The number of amides is 1. The van der Waals surface area contributed by atoms with Gasteiger partial charge < -0.3 is 5.32 Å². The second kappa shape index (κ2) is 8.01. The van der Waals surface area contributed by atoms with Gasteiger partial charge in [0.2, 0.25) is 5.91 Å². The molecule has 124 valence electrons. The second-order valence-electron chi connectivity index (χ2n) is 5.33. The summed E-state index contributed by atoms with van der Waals surface area (Å²) in [5, 5.41) is 13.3. The number of nitro groups is 1. The molecule has 0 bridgehead atoms. The Morgan fingerprint density at radius 3 is 2.42 bits per heavy atom. The number of aryl methyl sites for hydroxylation is 1. The Balaban J connectivity index is 1.89. The fourth-order valence-corrected chi connectivity index (χ4v) is 2.22. The van der Waals surface area contributed by atoms with E-state index in [-0.39, 0.29) is 30.2 Å². The first kappa shape index (κ1) is 17.3. The van der Waals surface area contributed by atoms with Crippen LogP contribution in [0, 0.1) is 10.1 Å². The standard InChI is InChI=1S/C18H18N2O4/c1-2-13-6-8-14(9-7-13)17(21)10-11-18(22)19-15-4-3-5-16(12-15)20(23)24/h3-9,12H,2,10-11H2,1H3,(H,19,22). The zero-order chi connectivity index (χ0) is 17.5. The number of Topliss-reactive ketones (excluding diaryl/α,β-unsaturated/α-hetero) is 1. The molecule has 0 aliphatic heterocycles. The SMILES string of the molecule is CCc1ccc(C(=O)CCC(=O)Nc2cccc([N+](=O)[O-])c2)cc1. The van der Waals surface area contributed by atoms with Crippen LogP contribution in [0.5, 0.6) is 0 Å². The van der Waals surface area contributed by atoms with Crippen molar-refractivity contribution in [2.75, 3.05) is 5.32 Å². The average Bonchev–Trinajstić information content (AvgIpc) is 2.60. The number of anilines is 1. The largest absolute Gasteiger partial charge is 0.326 e. The van der Waals surface area contributed by atoms with Gasteiger partial charge in [-0.1, -0.05) is 37.3 Å². The smallest absolute Gasteiger partial charge is 0.271 e. The van der Waals surface area contributed by atoms with Crippen molar-refractivity contribution in [3.05, 3.63) is 69.8 Å². The molecular weight excluding hydrogens is 308 g/mol. The number of carbonyl (C=O) groups excluding carboxylic acids is 2. The molecule has 0 atom stereocenters. The summed E-state index contributed by atoms with van der Waals surface area (Å²) in [6, 6.07) is 13.0. The molecule has 1 amide bonds. The summed E-state index contributed by atoms with van der Waals surface area (Å²) in [5.41, 5.74) is 1.97. The third-order valence-corrected chi connectivity index (χ3v) is 3.60. The van der Waals surface area contributed by atoms with Crippen molar-refractivity contribution in [3.63, 3.8) is 0 Å². The van der Waals surface area contributed by atoms with E-state index in [9.17, 15) is 19.7 Å². The van der Waals surface area contributed by atoms with Crippen LogP contribution in [0.1, 0.15) is 35.7 Å². The third-order valence-electron chi connectivity index (χ3n) is 3.60. The predicted octanol–water partition coefficient (Wildman–Crippen LogP) is 3.76. The highest BCUT2D eigenvalue weighted by molar-refractivity contribution is 6.00. The number of nitro benzene ring substituents is 1. The van der Waals surface area contributed by atoms with E-state index in [1.807, 2.05) is 19.1 Å². The maximum Gasteiger partial charge on any atom is 0.271 e. The fraction of sp³-hybridized carbons (Fsp3) is 0.222. The van der Waals surface area contributed by atoms with Gasteiger partial charge in [-0.3, -0.25) is 19.7 Å². The fourth-order valence-electron chi connectivity index (χ4n) is 2.22. The number of nitrogens with zero attached hydrogens (tertiary/aromatic N) is 1. The lowest BCUT2D eigenvalue weighted by Crippen LogP contribution is -2.13. The number of carbonyl (C=O) groups is 2. The van der Waals surface area contributed by atoms with Crippen LogP contribution in [0.4, 0.5) is 11.4 Å². The molecule has 0 saturated heterocycles. The lowest BCUT2D eigenvalue weighted by molar-refractivity contribution is -0.384. The van der Waals surface area contributed by atoms with Crippen LogP contribution < -0.4 is 5.32 Å². The van der Waals surface area contributed by atoms with Gasteiger partial charge in [0.15, 0.2) is 5.78 Å².